The summed E-state index contributed by atoms with van der Waals surface area (Å²) in [6.45, 7) is 1.78. The summed E-state index contributed by atoms with van der Waals surface area (Å²) in [6, 6.07) is 7.83. The average Bonchev–Trinajstić information content (AvgIpc) is 3.22. The molecule has 106 valence electrons. The highest BCUT2D eigenvalue weighted by Crippen LogP contribution is 2.21. The van der Waals surface area contributed by atoms with Gasteiger partial charge in [0, 0.05) is 19.8 Å². The van der Waals surface area contributed by atoms with Crippen molar-refractivity contribution in [3.8, 4) is 0 Å². The molecule has 1 N–H and O–H groups in total. The monoisotopic (exact) mass is 265 g/mol. The second-order valence-electron chi connectivity index (χ2n) is 5.48. The van der Waals surface area contributed by atoms with Crippen molar-refractivity contribution >= 4 is 0 Å². The molecule has 1 atom stereocenters. The number of ether oxygens (including phenoxy) is 1. The molecular formula is C16H24FNO. The molecule has 0 amide bonds. The van der Waals surface area contributed by atoms with Crippen LogP contribution in [0, 0.1) is 11.7 Å². The third-order valence-corrected chi connectivity index (χ3v) is 3.70. The summed E-state index contributed by atoms with van der Waals surface area (Å²) in [5.41, 5.74) is 0.836. The van der Waals surface area contributed by atoms with Gasteiger partial charge in [0.2, 0.25) is 0 Å². The molecule has 0 saturated heterocycles. The Balaban J connectivity index is 1.85. The van der Waals surface area contributed by atoms with E-state index in [0.29, 0.717) is 12.0 Å². The highest BCUT2D eigenvalue weighted by atomic mass is 19.1. The molecule has 1 unspecified atom stereocenters. The standard InChI is InChI=1S/C16H24FNO/c1-19-10-4-5-13(12-18-15-8-9-15)11-14-6-2-3-7-16(14)17/h2-3,6-7,13,15,18H,4-5,8-12H2,1H3. The van der Waals surface area contributed by atoms with Crippen LogP contribution in [0.1, 0.15) is 31.2 Å². The number of halogens is 1. The highest BCUT2D eigenvalue weighted by molar-refractivity contribution is 5.17. The zero-order valence-corrected chi connectivity index (χ0v) is 11.7. The Morgan fingerprint density at radius 2 is 2.16 bits per heavy atom. The van der Waals surface area contributed by atoms with E-state index < -0.39 is 0 Å². The first-order valence-corrected chi connectivity index (χ1v) is 7.25. The first-order valence-electron chi connectivity index (χ1n) is 7.25. The van der Waals surface area contributed by atoms with Gasteiger partial charge in [-0.3, -0.25) is 0 Å². The Labute approximate surface area is 115 Å². The summed E-state index contributed by atoms with van der Waals surface area (Å²) in [7, 11) is 1.73. The van der Waals surface area contributed by atoms with Crippen LogP contribution in [-0.2, 0) is 11.2 Å². The van der Waals surface area contributed by atoms with Crippen molar-refractivity contribution in [3.63, 3.8) is 0 Å². The number of hydrogen-bond acceptors (Lipinski definition) is 2. The van der Waals surface area contributed by atoms with E-state index >= 15 is 0 Å². The second kappa shape index (κ2) is 7.61. The lowest BCUT2D eigenvalue weighted by Crippen LogP contribution is -2.26. The zero-order chi connectivity index (χ0) is 13.5. The van der Waals surface area contributed by atoms with Crippen LogP contribution < -0.4 is 5.32 Å². The third-order valence-electron chi connectivity index (χ3n) is 3.70. The van der Waals surface area contributed by atoms with Gasteiger partial charge in [-0.25, -0.2) is 4.39 Å². The first kappa shape index (κ1) is 14.5. The predicted molar refractivity (Wildman–Crippen MR) is 75.7 cm³/mol. The van der Waals surface area contributed by atoms with E-state index in [9.17, 15) is 4.39 Å². The number of rotatable bonds is 9. The molecule has 1 fully saturated rings. The van der Waals surface area contributed by atoms with Gasteiger partial charge in [0.05, 0.1) is 0 Å². The van der Waals surface area contributed by atoms with Crippen molar-refractivity contribution in [3.05, 3.63) is 35.6 Å². The minimum Gasteiger partial charge on any atom is -0.385 e. The molecule has 1 aromatic rings. The fraction of sp³-hybridized carbons (Fsp3) is 0.625. The lowest BCUT2D eigenvalue weighted by Gasteiger charge is -2.18. The highest BCUT2D eigenvalue weighted by Gasteiger charge is 2.22. The Morgan fingerprint density at radius 3 is 2.84 bits per heavy atom. The molecule has 0 heterocycles. The average molecular weight is 265 g/mol. The summed E-state index contributed by atoms with van der Waals surface area (Å²) >= 11 is 0. The summed E-state index contributed by atoms with van der Waals surface area (Å²) in [6.07, 6.45) is 5.54. The van der Waals surface area contributed by atoms with Crippen LogP contribution in [0.4, 0.5) is 4.39 Å². The Hall–Kier alpha value is -0.930. The summed E-state index contributed by atoms with van der Waals surface area (Å²) in [5, 5.41) is 3.56. The molecular weight excluding hydrogens is 241 g/mol. The van der Waals surface area contributed by atoms with Crippen molar-refractivity contribution in [1.82, 2.24) is 5.32 Å². The van der Waals surface area contributed by atoms with Crippen molar-refractivity contribution in [1.29, 1.82) is 0 Å². The maximum atomic E-state index is 13.7. The molecule has 1 aliphatic carbocycles. The zero-order valence-electron chi connectivity index (χ0n) is 11.7. The molecule has 3 heteroatoms. The summed E-state index contributed by atoms with van der Waals surface area (Å²) < 4.78 is 18.8. The van der Waals surface area contributed by atoms with Gasteiger partial charge in [-0.15, -0.1) is 0 Å². The van der Waals surface area contributed by atoms with Gasteiger partial charge in [0.1, 0.15) is 5.82 Å². The minimum atomic E-state index is -0.0781. The number of benzene rings is 1. The van der Waals surface area contributed by atoms with Crippen LogP contribution in [0.2, 0.25) is 0 Å². The van der Waals surface area contributed by atoms with Crippen molar-refractivity contribution in [2.24, 2.45) is 5.92 Å². The van der Waals surface area contributed by atoms with E-state index in [1.165, 1.54) is 12.8 Å². The molecule has 1 saturated carbocycles. The maximum Gasteiger partial charge on any atom is 0.126 e. The molecule has 0 spiro atoms. The van der Waals surface area contributed by atoms with Crippen LogP contribution in [0.3, 0.4) is 0 Å². The van der Waals surface area contributed by atoms with Crippen LogP contribution in [0.25, 0.3) is 0 Å². The Bertz CT molecular complexity index is 379. The molecule has 2 rings (SSSR count). The van der Waals surface area contributed by atoms with E-state index in [4.69, 9.17) is 4.74 Å². The minimum absolute atomic E-state index is 0.0781. The van der Waals surface area contributed by atoms with Gasteiger partial charge in [-0.2, -0.15) is 0 Å². The van der Waals surface area contributed by atoms with E-state index in [0.717, 1.165) is 38.0 Å². The quantitative estimate of drug-likeness (QED) is 0.692. The van der Waals surface area contributed by atoms with E-state index in [1.54, 1.807) is 19.2 Å². The Morgan fingerprint density at radius 1 is 1.37 bits per heavy atom. The van der Waals surface area contributed by atoms with Gasteiger partial charge in [-0.05, 0) is 56.2 Å². The van der Waals surface area contributed by atoms with Crippen molar-refractivity contribution < 1.29 is 9.13 Å². The van der Waals surface area contributed by atoms with Crippen LogP contribution in [0.5, 0.6) is 0 Å². The lowest BCUT2D eigenvalue weighted by atomic mass is 9.94. The first-order chi connectivity index (χ1) is 9.29. The van der Waals surface area contributed by atoms with E-state index in [-0.39, 0.29) is 5.82 Å². The topological polar surface area (TPSA) is 21.3 Å². The van der Waals surface area contributed by atoms with Crippen LogP contribution in [-0.4, -0.2) is 26.3 Å². The second-order valence-corrected chi connectivity index (χ2v) is 5.48. The van der Waals surface area contributed by atoms with Crippen LogP contribution >= 0.6 is 0 Å². The normalized spacial score (nSPS) is 16.5. The maximum absolute atomic E-state index is 13.7. The summed E-state index contributed by atoms with van der Waals surface area (Å²) in [4.78, 5) is 0. The Kier molecular flexibility index (Phi) is 5.80. The smallest absolute Gasteiger partial charge is 0.126 e. The number of hydrogen-bond donors (Lipinski definition) is 1. The molecule has 1 aliphatic rings. The van der Waals surface area contributed by atoms with Crippen molar-refractivity contribution in [2.45, 2.75) is 38.1 Å². The van der Waals surface area contributed by atoms with Gasteiger partial charge >= 0.3 is 0 Å². The van der Waals surface area contributed by atoms with E-state index in [1.807, 2.05) is 12.1 Å². The van der Waals surface area contributed by atoms with Gasteiger partial charge < -0.3 is 10.1 Å². The molecule has 0 aromatic heterocycles. The fourth-order valence-corrected chi connectivity index (χ4v) is 2.39. The van der Waals surface area contributed by atoms with Crippen molar-refractivity contribution in [2.75, 3.05) is 20.3 Å². The fourth-order valence-electron chi connectivity index (χ4n) is 2.39. The summed E-state index contributed by atoms with van der Waals surface area (Å²) in [5.74, 6) is 0.415. The molecule has 2 nitrogen and oxygen atoms in total. The van der Waals surface area contributed by atoms with Gasteiger partial charge in [-0.1, -0.05) is 18.2 Å². The van der Waals surface area contributed by atoms with Gasteiger partial charge in [0.15, 0.2) is 0 Å². The molecule has 0 aliphatic heterocycles. The largest absolute Gasteiger partial charge is 0.385 e. The molecule has 0 bridgehead atoms. The molecule has 0 radical (unpaired) electrons. The van der Waals surface area contributed by atoms with E-state index in [2.05, 4.69) is 5.32 Å². The predicted octanol–water partition coefficient (Wildman–Crippen LogP) is 3.16. The lowest BCUT2D eigenvalue weighted by molar-refractivity contribution is 0.186. The number of methoxy groups -OCH3 is 1. The van der Waals surface area contributed by atoms with Crippen LogP contribution in [0.15, 0.2) is 24.3 Å². The SMILES string of the molecule is COCCCC(CNC1CC1)Cc1ccccc1F. The molecule has 19 heavy (non-hydrogen) atoms. The van der Waals surface area contributed by atoms with Gasteiger partial charge in [0.25, 0.3) is 0 Å². The molecule has 1 aromatic carbocycles. The third kappa shape index (κ3) is 5.29. The number of nitrogens with one attached hydrogen (secondary N) is 1.